The molecule has 2 N–H and O–H groups in total. The number of hydrogen-bond acceptors (Lipinski definition) is 6. The monoisotopic (exact) mass is 1040 g/mol. The molecule has 0 aromatic rings. The summed E-state index contributed by atoms with van der Waals surface area (Å²) in [5.41, 5.74) is 0. The van der Waals surface area contributed by atoms with E-state index in [4.69, 9.17) is 13.8 Å². The van der Waals surface area contributed by atoms with Crippen molar-refractivity contribution < 1.29 is 37.3 Å². The first kappa shape index (κ1) is 69.9. The molecule has 0 rings (SSSR count). The lowest BCUT2D eigenvalue weighted by Gasteiger charge is -2.27. The topological polar surface area (TPSA) is 111 Å². The number of unbranched alkanes of at least 4 members (excludes halogenated alkanes) is 22. The number of ether oxygens (including phenoxy) is 1. The number of esters is 1. The van der Waals surface area contributed by atoms with Crippen molar-refractivity contribution in [1.29, 1.82) is 0 Å². The maximum atomic E-state index is 13.5. The van der Waals surface area contributed by atoms with Crippen molar-refractivity contribution in [1.82, 2.24) is 5.32 Å². The number of likely N-dealkylation sites (N-methyl/N-ethyl adjacent to an activating group) is 1. The zero-order chi connectivity index (χ0) is 53.6. The summed E-state index contributed by atoms with van der Waals surface area (Å²) in [6.07, 6.45) is 69.7. The van der Waals surface area contributed by atoms with Crippen molar-refractivity contribution >= 4 is 19.7 Å². The summed E-state index contributed by atoms with van der Waals surface area (Å²) in [7, 11) is 1.46. The molecule has 3 unspecified atom stereocenters. The molecule has 0 aliphatic rings. The molecule has 0 aliphatic carbocycles. The zero-order valence-electron chi connectivity index (χ0n) is 47.8. The summed E-state index contributed by atoms with van der Waals surface area (Å²) in [4.78, 5) is 37.6. The number of nitrogens with one attached hydrogen (secondary N) is 1. The second kappa shape index (κ2) is 52.4. The Labute approximate surface area is 449 Å². The predicted octanol–water partition coefficient (Wildman–Crippen LogP) is 18.0. The molecule has 0 fully saturated rings. The lowest BCUT2D eigenvalue weighted by molar-refractivity contribution is -0.870. The van der Waals surface area contributed by atoms with E-state index in [1.54, 1.807) is 0 Å². The van der Waals surface area contributed by atoms with Crippen molar-refractivity contribution in [3.8, 4) is 0 Å². The maximum absolute atomic E-state index is 13.5. The van der Waals surface area contributed by atoms with Crippen LogP contribution in [-0.4, -0.2) is 74.3 Å². The Morgan fingerprint density at radius 3 is 1.36 bits per heavy atom. The highest BCUT2D eigenvalue weighted by molar-refractivity contribution is 7.47. The van der Waals surface area contributed by atoms with Crippen molar-refractivity contribution in [2.45, 2.75) is 251 Å². The summed E-state index contributed by atoms with van der Waals surface area (Å²) < 4.78 is 30.6. The van der Waals surface area contributed by atoms with Crippen LogP contribution in [0.3, 0.4) is 0 Å². The molecule has 73 heavy (non-hydrogen) atoms. The highest BCUT2D eigenvalue weighted by atomic mass is 31.2. The van der Waals surface area contributed by atoms with Gasteiger partial charge in [-0.25, -0.2) is 4.57 Å². The number of rotatable bonds is 52. The molecule has 10 heteroatoms. The molecule has 0 aliphatic heterocycles. The van der Waals surface area contributed by atoms with E-state index in [2.05, 4.69) is 111 Å². The summed E-state index contributed by atoms with van der Waals surface area (Å²) in [5.74, 6) is -0.557. The van der Waals surface area contributed by atoms with E-state index in [9.17, 15) is 19.0 Å². The Morgan fingerprint density at radius 1 is 0.493 bits per heavy atom. The SMILES string of the molecule is CC/C=C\C/C=C\C/C=C\C/C=C\C/C=C\CCCCCC(=O)OC(/C=C/CCCCCCCCCCC)C(COP(=O)(O)OCC[N+](C)(C)C)NC(=O)CCCCCCCCC/C=C\C/C=C\CCCCC. The quantitative estimate of drug-likeness (QED) is 0.0205. The van der Waals surface area contributed by atoms with Crippen molar-refractivity contribution in [3.05, 3.63) is 97.2 Å². The van der Waals surface area contributed by atoms with Gasteiger partial charge < -0.3 is 19.4 Å². The van der Waals surface area contributed by atoms with Gasteiger partial charge in [0.05, 0.1) is 33.8 Å². The number of phosphoric ester groups is 1. The number of allylic oxidation sites excluding steroid dienone is 15. The molecule has 9 nitrogen and oxygen atoms in total. The highest BCUT2D eigenvalue weighted by Gasteiger charge is 2.30. The first-order chi connectivity index (χ1) is 35.4. The minimum absolute atomic E-state index is 0.0284. The van der Waals surface area contributed by atoms with Gasteiger partial charge in [-0.1, -0.05) is 215 Å². The normalized spacial score (nSPS) is 14.5. The number of nitrogens with zero attached hydrogens (tertiary/aromatic N) is 1. The van der Waals surface area contributed by atoms with E-state index in [1.807, 2.05) is 33.3 Å². The zero-order valence-corrected chi connectivity index (χ0v) is 48.7. The number of carbonyl (C=O) groups excluding carboxylic acids is 2. The Balaban J connectivity index is 5.36. The molecule has 0 heterocycles. The summed E-state index contributed by atoms with van der Waals surface area (Å²) in [5, 5.41) is 3.03. The smallest absolute Gasteiger partial charge is 0.456 e. The van der Waals surface area contributed by atoms with Crippen LogP contribution < -0.4 is 5.32 Å². The fourth-order valence-corrected chi connectivity index (χ4v) is 8.67. The van der Waals surface area contributed by atoms with Crippen LogP contribution >= 0.6 is 7.82 Å². The molecule has 0 bridgehead atoms. The molecular formula is C63H112N2O7P+. The second-order valence-corrected chi connectivity index (χ2v) is 22.2. The van der Waals surface area contributed by atoms with Crippen LogP contribution in [0.1, 0.15) is 239 Å². The lowest BCUT2D eigenvalue weighted by atomic mass is 10.1. The maximum Gasteiger partial charge on any atom is 0.472 e. The van der Waals surface area contributed by atoms with Gasteiger partial charge in [-0.2, -0.15) is 0 Å². The van der Waals surface area contributed by atoms with Crippen molar-refractivity contribution in [2.24, 2.45) is 0 Å². The number of hydrogen-bond donors (Lipinski definition) is 2. The van der Waals surface area contributed by atoms with Gasteiger partial charge in [0.1, 0.15) is 19.3 Å². The lowest BCUT2D eigenvalue weighted by Crippen LogP contribution is -2.47. The molecule has 0 radical (unpaired) electrons. The van der Waals surface area contributed by atoms with Gasteiger partial charge in [0, 0.05) is 12.8 Å². The molecule has 3 atom stereocenters. The number of phosphoric acid groups is 1. The van der Waals surface area contributed by atoms with E-state index < -0.39 is 20.0 Å². The Kier molecular flexibility index (Phi) is 50.2. The second-order valence-electron chi connectivity index (χ2n) is 20.8. The van der Waals surface area contributed by atoms with E-state index in [1.165, 1.54) is 89.9 Å². The average Bonchev–Trinajstić information content (AvgIpc) is 3.35. The van der Waals surface area contributed by atoms with Crippen LogP contribution in [0.5, 0.6) is 0 Å². The Morgan fingerprint density at radius 2 is 0.877 bits per heavy atom. The minimum atomic E-state index is -4.46. The third kappa shape index (κ3) is 53.6. The van der Waals surface area contributed by atoms with Gasteiger partial charge >= 0.3 is 13.8 Å². The molecule has 0 aromatic carbocycles. The van der Waals surface area contributed by atoms with E-state index in [0.29, 0.717) is 23.9 Å². The third-order valence-electron chi connectivity index (χ3n) is 12.5. The average molecular weight is 1040 g/mol. The summed E-state index contributed by atoms with van der Waals surface area (Å²) in [6, 6.07) is -0.871. The van der Waals surface area contributed by atoms with E-state index in [-0.39, 0.29) is 31.5 Å². The number of carbonyl (C=O) groups is 2. The fraction of sp³-hybridized carbons (Fsp3) is 0.714. The standard InChI is InChI=1S/C63H111N2O7P/c1-7-10-13-16-19-22-25-27-29-31-32-34-36-38-41-44-47-50-53-56-63(67)72-61(54-51-48-45-42-39-24-21-18-15-12-9-3)60(59-71-73(68,69)70-58-57-65(4,5)6)64-62(66)55-52-49-46-43-40-37-35-33-30-28-26-23-20-17-14-11-8-2/h10,13,19-20,22-23,27-30,32,34,38,41,51,54,60-61H,7-9,11-12,14-18,21,24-26,31,33,35-37,39-40,42-50,52-53,55-59H2,1-6H3,(H-,64,66,68,69)/p+1/b13-10-,22-19-,23-20-,29-27-,30-28-,34-32-,41-38-,54-51+. The molecule has 0 aromatic heterocycles. The van der Waals surface area contributed by atoms with Gasteiger partial charge in [0.2, 0.25) is 5.91 Å². The first-order valence-corrected chi connectivity index (χ1v) is 31.1. The Bertz CT molecular complexity index is 1570. The van der Waals surface area contributed by atoms with Gasteiger partial charge in [0.25, 0.3) is 0 Å². The molecule has 0 saturated heterocycles. The van der Waals surface area contributed by atoms with Gasteiger partial charge in [0.15, 0.2) is 0 Å². The molecular weight excluding hydrogens is 928 g/mol. The molecule has 0 spiro atoms. The summed E-state index contributed by atoms with van der Waals surface area (Å²) >= 11 is 0. The van der Waals surface area contributed by atoms with E-state index in [0.717, 1.165) is 109 Å². The van der Waals surface area contributed by atoms with Crippen LogP contribution in [0.15, 0.2) is 97.2 Å². The number of amides is 1. The van der Waals surface area contributed by atoms with Crippen LogP contribution in [0.4, 0.5) is 0 Å². The van der Waals surface area contributed by atoms with Crippen molar-refractivity contribution in [2.75, 3.05) is 40.9 Å². The predicted molar refractivity (Wildman–Crippen MR) is 314 cm³/mol. The highest BCUT2D eigenvalue weighted by Crippen LogP contribution is 2.43. The fourth-order valence-electron chi connectivity index (χ4n) is 7.94. The molecule has 420 valence electrons. The largest absolute Gasteiger partial charge is 0.472 e. The van der Waals surface area contributed by atoms with Gasteiger partial charge in [-0.3, -0.25) is 18.6 Å². The number of quaternary nitrogens is 1. The van der Waals surface area contributed by atoms with Crippen molar-refractivity contribution in [3.63, 3.8) is 0 Å². The van der Waals surface area contributed by atoms with Crippen LogP contribution in [-0.2, 0) is 27.9 Å². The minimum Gasteiger partial charge on any atom is -0.456 e. The molecule has 0 saturated carbocycles. The van der Waals surface area contributed by atoms with Crippen LogP contribution in [0, 0.1) is 0 Å². The van der Waals surface area contributed by atoms with Gasteiger partial charge in [-0.15, -0.1) is 0 Å². The third-order valence-corrected chi connectivity index (χ3v) is 13.5. The first-order valence-electron chi connectivity index (χ1n) is 29.6. The van der Waals surface area contributed by atoms with Gasteiger partial charge in [-0.05, 0) is 109 Å². The van der Waals surface area contributed by atoms with Crippen LogP contribution in [0.25, 0.3) is 0 Å². The Hall–Kier alpha value is -3.07. The molecule has 1 amide bonds. The van der Waals surface area contributed by atoms with Crippen LogP contribution in [0.2, 0.25) is 0 Å². The summed E-state index contributed by atoms with van der Waals surface area (Å²) in [6.45, 7) is 6.82. The van der Waals surface area contributed by atoms with E-state index >= 15 is 0 Å².